The summed E-state index contributed by atoms with van der Waals surface area (Å²) in [4.78, 5) is 24.4. The second kappa shape index (κ2) is 10.7. The first-order valence-corrected chi connectivity index (χ1v) is 12.1. The highest BCUT2D eigenvalue weighted by atomic mass is 32.2. The van der Waals surface area contributed by atoms with Crippen LogP contribution in [-0.4, -0.2) is 31.9 Å². The van der Waals surface area contributed by atoms with Crippen molar-refractivity contribution in [2.75, 3.05) is 11.3 Å². The van der Waals surface area contributed by atoms with E-state index in [1.807, 2.05) is 12.2 Å². The van der Waals surface area contributed by atoms with Crippen molar-refractivity contribution >= 4 is 33.9 Å². The summed E-state index contributed by atoms with van der Waals surface area (Å²) in [5.41, 5.74) is 3.09. The zero-order chi connectivity index (χ0) is 24.9. The first-order valence-electron chi connectivity index (χ1n) is 10.9. The van der Waals surface area contributed by atoms with Gasteiger partial charge in [0, 0.05) is 12.3 Å². The molecule has 2 aromatic heterocycles. The topological polar surface area (TPSA) is 103 Å². The molecule has 35 heavy (non-hydrogen) atoms. The fraction of sp³-hybridized carbons (Fsp3) is 0.200. The quantitative estimate of drug-likeness (QED) is 0.237. The Morgan fingerprint density at radius 2 is 2.09 bits per heavy atom. The van der Waals surface area contributed by atoms with Gasteiger partial charge in [-0.2, -0.15) is 4.72 Å². The lowest BCUT2D eigenvalue weighted by Gasteiger charge is -2.13. The molecule has 0 fully saturated rings. The van der Waals surface area contributed by atoms with Gasteiger partial charge in [-0.05, 0) is 37.1 Å². The predicted molar refractivity (Wildman–Crippen MR) is 130 cm³/mol. The molecule has 7 nitrogen and oxygen atoms in total. The minimum absolute atomic E-state index is 0.0491. The Bertz CT molecular complexity index is 1410. The molecule has 0 amide bonds. The van der Waals surface area contributed by atoms with E-state index >= 15 is 4.39 Å². The van der Waals surface area contributed by atoms with Gasteiger partial charge in [-0.3, -0.25) is 4.79 Å². The molecular weight excluding hydrogens is 474 g/mol. The Balaban J connectivity index is 1.66. The summed E-state index contributed by atoms with van der Waals surface area (Å²) >= 11 is -1.91. The van der Waals surface area contributed by atoms with E-state index in [0.717, 1.165) is 30.5 Å². The van der Waals surface area contributed by atoms with Crippen LogP contribution < -0.4 is 9.46 Å². The molecule has 0 radical (unpaired) electrons. The number of halogens is 2. The van der Waals surface area contributed by atoms with Gasteiger partial charge in [0.1, 0.15) is 34.8 Å². The Morgan fingerprint density at radius 1 is 1.26 bits per heavy atom. The molecule has 0 saturated carbocycles. The highest BCUT2D eigenvalue weighted by Gasteiger charge is 2.28. The fourth-order valence-electron chi connectivity index (χ4n) is 3.58. The van der Waals surface area contributed by atoms with Gasteiger partial charge in [0.2, 0.25) is 16.6 Å². The number of benzene rings is 1. The standard InChI is InChI=1S/C25H22F2N4O3S/c1-3-6-15-7-5-8-16(10-9-15)35(33)31-19-12-11-18(26)21(22(19)27)23(32)17-13-28-24-20(17)25(34-4-2)30-14-29-24/h5,7,9-14,31H,3-4,6H2,1-2H3,(H,28,29,30). The number of ketones is 1. The van der Waals surface area contributed by atoms with E-state index in [4.69, 9.17) is 4.74 Å². The van der Waals surface area contributed by atoms with Gasteiger partial charge in [0.25, 0.3) is 0 Å². The maximum absolute atomic E-state index is 15.4. The van der Waals surface area contributed by atoms with E-state index in [2.05, 4.69) is 32.3 Å². The van der Waals surface area contributed by atoms with Crippen LogP contribution in [0.3, 0.4) is 0 Å². The number of hydrogen-bond donors (Lipinski definition) is 2. The van der Waals surface area contributed by atoms with Crippen LogP contribution in [0.5, 0.6) is 5.88 Å². The van der Waals surface area contributed by atoms with Gasteiger partial charge in [0.15, 0.2) is 5.82 Å². The lowest BCUT2D eigenvalue weighted by atomic mass is 10.0. The molecule has 2 N–H and O–H groups in total. The number of nitrogens with zero attached hydrogens (tertiary/aromatic N) is 2. The summed E-state index contributed by atoms with van der Waals surface area (Å²) in [5, 5.41) is 0.217. The molecular formula is C25H22F2N4O3S. The summed E-state index contributed by atoms with van der Waals surface area (Å²) in [6, 6.07) is 2.04. The SMILES string of the molecule is CCCC1=CC=C=C([S+]([O-])Nc2ccc(F)c(C(=O)c3c[nH]c4ncnc(OCC)c34)c2F)C=C1. The number of nitrogens with one attached hydrogen (secondary N) is 2. The lowest BCUT2D eigenvalue weighted by Crippen LogP contribution is -2.17. The largest absolute Gasteiger partial charge is 0.587 e. The molecule has 0 bridgehead atoms. The molecule has 3 aromatic rings. The molecule has 1 aromatic carbocycles. The number of ether oxygens (including phenoxy) is 1. The van der Waals surface area contributed by atoms with Crippen molar-refractivity contribution < 1.29 is 22.9 Å². The Morgan fingerprint density at radius 3 is 2.86 bits per heavy atom. The van der Waals surface area contributed by atoms with Crippen LogP contribution in [0, 0.1) is 11.6 Å². The van der Waals surface area contributed by atoms with Crippen molar-refractivity contribution in [3.05, 3.63) is 87.9 Å². The van der Waals surface area contributed by atoms with Crippen LogP contribution in [0.4, 0.5) is 14.5 Å². The highest BCUT2D eigenvalue weighted by molar-refractivity contribution is 7.96. The molecule has 1 atom stereocenters. The molecule has 0 spiro atoms. The third-order valence-corrected chi connectivity index (χ3v) is 6.25. The van der Waals surface area contributed by atoms with Crippen LogP contribution >= 0.6 is 0 Å². The van der Waals surface area contributed by atoms with Gasteiger partial charge in [-0.15, -0.1) is 0 Å². The number of carbonyl (C=O) groups excluding carboxylic acids is 1. The molecule has 1 aliphatic carbocycles. The van der Waals surface area contributed by atoms with Gasteiger partial charge >= 0.3 is 0 Å². The fourth-order valence-corrected chi connectivity index (χ4v) is 4.41. The number of H-pyrrole nitrogens is 1. The summed E-state index contributed by atoms with van der Waals surface area (Å²) in [6.07, 6.45) is 11.3. The smallest absolute Gasteiger partial charge is 0.226 e. The molecule has 10 heteroatoms. The average Bonchev–Trinajstić information content (AvgIpc) is 3.14. The van der Waals surface area contributed by atoms with Crippen LogP contribution in [0.15, 0.2) is 65.2 Å². The zero-order valence-corrected chi connectivity index (χ0v) is 19.8. The third kappa shape index (κ3) is 5.05. The minimum atomic E-state index is -1.91. The summed E-state index contributed by atoms with van der Waals surface area (Å²) in [5.74, 6) is -3.04. The van der Waals surface area contributed by atoms with Gasteiger partial charge in [-0.1, -0.05) is 31.2 Å². The second-order valence-electron chi connectivity index (χ2n) is 7.52. The molecule has 1 aliphatic rings. The van der Waals surface area contributed by atoms with Crippen LogP contribution in [0.1, 0.15) is 42.6 Å². The average molecular weight is 497 g/mol. The van der Waals surface area contributed by atoms with E-state index in [1.165, 1.54) is 12.5 Å². The number of allylic oxidation sites excluding steroid dienone is 4. The highest BCUT2D eigenvalue weighted by Crippen LogP contribution is 2.31. The molecule has 0 saturated heterocycles. The minimum Gasteiger partial charge on any atom is -0.587 e. The maximum Gasteiger partial charge on any atom is 0.226 e. The van der Waals surface area contributed by atoms with E-state index in [9.17, 15) is 13.7 Å². The van der Waals surface area contributed by atoms with Gasteiger partial charge in [0.05, 0.1) is 23.1 Å². The van der Waals surface area contributed by atoms with Crippen molar-refractivity contribution in [3.63, 3.8) is 0 Å². The van der Waals surface area contributed by atoms with Crippen molar-refractivity contribution in [1.82, 2.24) is 15.0 Å². The third-order valence-electron chi connectivity index (χ3n) is 5.19. The Kier molecular flexibility index (Phi) is 7.45. The first-order chi connectivity index (χ1) is 16.9. The number of rotatable bonds is 9. The van der Waals surface area contributed by atoms with E-state index in [1.54, 1.807) is 19.1 Å². The van der Waals surface area contributed by atoms with Crippen molar-refractivity contribution in [1.29, 1.82) is 0 Å². The zero-order valence-electron chi connectivity index (χ0n) is 19.0. The summed E-state index contributed by atoms with van der Waals surface area (Å²) < 4.78 is 50.9. The Labute approximate surface area is 203 Å². The second-order valence-corrected chi connectivity index (χ2v) is 8.70. The molecule has 0 aliphatic heterocycles. The molecule has 1 unspecified atom stereocenters. The first kappa shape index (κ1) is 24.4. The molecule has 180 valence electrons. The number of carbonyl (C=O) groups is 1. The summed E-state index contributed by atoms with van der Waals surface area (Å²) in [7, 11) is 0. The van der Waals surface area contributed by atoms with Crippen molar-refractivity contribution in [3.8, 4) is 5.88 Å². The maximum atomic E-state index is 15.4. The van der Waals surface area contributed by atoms with E-state index in [-0.39, 0.29) is 39.7 Å². The number of aromatic nitrogens is 3. The molecule has 2 heterocycles. The van der Waals surface area contributed by atoms with Crippen LogP contribution in [-0.2, 0) is 11.4 Å². The number of fused-ring (bicyclic) bond motifs is 1. The van der Waals surface area contributed by atoms with Gasteiger partial charge in [-0.25, -0.2) is 18.7 Å². The number of anilines is 1. The van der Waals surface area contributed by atoms with E-state index in [0.29, 0.717) is 0 Å². The molecule has 4 rings (SSSR count). The normalized spacial score (nSPS) is 13.9. The monoisotopic (exact) mass is 496 g/mol. The lowest BCUT2D eigenvalue weighted by molar-refractivity contribution is 0.103. The van der Waals surface area contributed by atoms with Crippen molar-refractivity contribution in [2.45, 2.75) is 26.7 Å². The van der Waals surface area contributed by atoms with Crippen molar-refractivity contribution in [2.24, 2.45) is 0 Å². The summed E-state index contributed by atoms with van der Waals surface area (Å²) in [6.45, 7) is 4.06. The van der Waals surface area contributed by atoms with Crippen LogP contribution in [0.2, 0.25) is 0 Å². The predicted octanol–water partition coefficient (Wildman–Crippen LogP) is 5.28. The number of hydrogen-bond acceptors (Lipinski definition) is 6. The number of aromatic amines is 1. The Hall–Kier alpha value is -3.72. The van der Waals surface area contributed by atoms with Gasteiger partial charge < -0.3 is 14.3 Å². The van der Waals surface area contributed by atoms with E-state index < -0.39 is 34.3 Å². The van der Waals surface area contributed by atoms with Crippen LogP contribution in [0.25, 0.3) is 11.0 Å².